The van der Waals surface area contributed by atoms with Gasteiger partial charge in [0, 0.05) is 21.9 Å². The second-order valence-corrected chi connectivity index (χ2v) is 4.44. The molecule has 0 aliphatic heterocycles. The summed E-state index contributed by atoms with van der Waals surface area (Å²) in [6.45, 7) is 0.832. The van der Waals surface area contributed by atoms with Gasteiger partial charge in [-0.3, -0.25) is 0 Å². The number of halogens is 1. The van der Waals surface area contributed by atoms with E-state index in [1.807, 2.05) is 31.3 Å². The van der Waals surface area contributed by atoms with Crippen molar-refractivity contribution in [2.45, 2.75) is 6.54 Å². The van der Waals surface area contributed by atoms with Crippen molar-refractivity contribution in [1.29, 1.82) is 0 Å². The third-order valence-electron chi connectivity index (χ3n) is 2.15. The zero-order valence-electron chi connectivity index (χ0n) is 8.46. The first-order valence-electron chi connectivity index (χ1n) is 4.79. The molecule has 0 fully saturated rings. The van der Waals surface area contributed by atoms with E-state index in [0.29, 0.717) is 5.56 Å². The fraction of sp³-hybridized carbons (Fsp3) is 0.167. The van der Waals surface area contributed by atoms with Gasteiger partial charge >= 0.3 is 0 Å². The average Bonchev–Trinajstić information content (AvgIpc) is 2.68. The minimum Gasteiger partial charge on any atom is -0.315 e. The van der Waals surface area contributed by atoms with Crippen molar-refractivity contribution >= 4 is 11.3 Å². The lowest BCUT2D eigenvalue weighted by atomic mass is 10.2. The van der Waals surface area contributed by atoms with Crippen molar-refractivity contribution in [2.24, 2.45) is 0 Å². The number of hydrogen-bond acceptors (Lipinski definition) is 2. The molecule has 0 atom stereocenters. The molecule has 0 saturated carbocycles. The monoisotopic (exact) mass is 221 g/mol. The molecule has 1 heterocycles. The van der Waals surface area contributed by atoms with Crippen LogP contribution in [0.15, 0.2) is 36.4 Å². The van der Waals surface area contributed by atoms with Crippen molar-refractivity contribution < 1.29 is 4.39 Å². The van der Waals surface area contributed by atoms with Crippen LogP contribution in [0.4, 0.5) is 4.39 Å². The standard InChI is InChI=1S/C12H12FNS/c1-14-8-9-6-7-12(15-9)10-4-2-3-5-11(10)13/h2-7,14H,8H2,1H3. The van der Waals surface area contributed by atoms with Crippen molar-refractivity contribution in [3.05, 3.63) is 47.1 Å². The highest BCUT2D eigenvalue weighted by Crippen LogP contribution is 2.29. The second-order valence-electron chi connectivity index (χ2n) is 3.28. The Labute approximate surface area is 92.6 Å². The molecule has 1 aromatic carbocycles. The predicted molar refractivity (Wildman–Crippen MR) is 62.5 cm³/mol. The number of thiophene rings is 1. The Kier molecular flexibility index (Phi) is 3.14. The number of nitrogens with one attached hydrogen (secondary N) is 1. The van der Waals surface area contributed by atoms with Crippen LogP contribution in [0.3, 0.4) is 0 Å². The molecule has 0 aliphatic carbocycles. The van der Waals surface area contributed by atoms with Gasteiger partial charge < -0.3 is 5.32 Å². The molecule has 0 saturated heterocycles. The van der Waals surface area contributed by atoms with Crippen LogP contribution >= 0.6 is 11.3 Å². The van der Waals surface area contributed by atoms with Gasteiger partial charge in [0.15, 0.2) is 0 Å². The SMILES string of the molecule is CNCc1ccc(-c2ccccc2F)s1. The van der Waals surface area contributed by atoms with Gasteiger partial charge in [-0.15, -0.1) is 11.3 Å². The fourth-order valence-electron chi connectivity index (χ4n) is 1.45. The molecule has 0 radical (unpaired) electrons. The molecule has 0 aliphatic rings. The molecular formula is C12H12FNS. The van der Waals surface area contributed by atoms with Crippen LogP contribution in [0.5, 0.6) is 0 Å². The second kappa shape index (κ2) is 4.55. The Morgan fingerprint density at radius 1 is 1.20 bits per heavy atom. The molecule has 0 unspecified atom stereocenters. The number of hydrogen-bond donors (Lipinski definition) is 1. The van der Waals surface area contributed by atoms with Crippen LogP contribution in [0, 0.1) is 5.82 Å². The topological polar surface area (TPSA) is 12.0 Å². The lowest BCUT2D eigenvalue weighted by Gasteiger charge is -1.98. The molecule has 1 N–H and O–H groups in total. The molecule has 0 bridgehead atoms. The van der Waals surface area contributed by atoms with E-state index in [1.165, 1.54) is 10.9 Å². The van der Waals surface area contributed by atoms with Crippen molar-refractivity contribution in [1.82, 2.24) is 5.32 Å². The van der Waals surface area contributed by atoms with E-state index in [2.05, 4.69) is 5.32 Å². The zero-order chi connectivity index (χ0) is 10.7. The summed E-state index contributed by atoms with van der Waals surface area (Å²) in [5.74, 6) is -0.157. The molecule has 3 heteroatoms. The molecule has 15 heavy (non-hydrogen) atoms. The van der Waals surface area contributed by atoms with E-state index in [0.717, 1.165) is 11.4 Å². The van der Waals surface area contributed by atoms with Crippen LogP contribution < -0.4 is 5.32 Å². The zero-order valence-corrected chi connectivity index (χ0v) is 9.27. The van der Waals surface area contributed by atoms with Gasteiger partial charge in [-0.2, -0.15) is 0 Å². The summed E-state index contributed by atoms with van der Waals surface area (Å²) in [7, 11) is 1.91. The summed E-state index contributed by atoms with van der Waals surface area (Å²) < 4.78 is 13.5. The van der Waals surface area contributed by atoms with Crippen LogP contribution in [0.25, 0.3) is 10.4 Å². The summed E-state index contributed by atoms with van der Waals surface area (Å²) in [4.78, 5) is 2.20. The normalized spacial score (nSPS) is 10.5. The van der Waals surface area contributed by atoms with E-state index < -0.39 is 0 Å². The Bertz CT molecular complexity index is 450. The first-order valence-corrected chi connectivity index (χ1v) is 5.61. The summed E-state index contributed by atoms with van der Waals surface area (Å²) in [5, 5.41) is 3.08. The van der Waals surface area contributed by atoms with E-state index in [9.17, 15) is 4.39 Å². The van der Waals surface area contributed by atoms with E-state index in [-0.39, 0.29) is 5.82 Å². The van der Waals surface area contributed by atoms with Crippen LogP contribution in [0.2, 0.25) is 0 Å². The van der Waals surface area contributed by atoms with Gasteiger partial charge in [-0.25, -0.2) is 4.39 Å². The molecule has 0 spiro atoms. The van der Waals surface area contributed by atoms with Crippen molar-refractivity contribution in [2.75, 3.05) is 7.05 Å². The van der Waals surface area contributed by atoms with Gasteiger partial charge in [0.25, 0.3) is 0 Å². The average molecular weight is 221 g/mol. The molecule has 1 nitrogen and oxygen atoms in total. The molecular weight excluding hydrogens is 209 g/mol. The minimum atomic E-state index is -0.157. The summed E-state index contributed by atoms with van der Waals surface area (Å²) in [6.07, 6.45) is 0. The molecule has 78 valence electrons. The van der Waals surface area contributed by atoms with Gasteiger partial charge in [0.2, 0.25) is 0 Å². The first-order chi connectivity index (χ1) is 7.31. The lowest BCUT2D eigenvalue weighted by Crippen LogP contribution is -2.02. The highest BCUT2D eigenvalue weighted by atomic mass is 32.1. The van der Waals surface area contributed by atoms with Gasteiger partial charge in [-0.1, -0.05) is 18.2 Å². The maximum atomic E-state index is 13.5. The molecule has 2 rings (SSSR count). The maximum Gasteiger partial charge on any atom is 0.131 e. The number of benzene rings is 1. The minimum absolute atomic E-state index is 0.157. The van der Waals surface area contributed by atoms with Crippen LogP contribution in [0.1, 0.15) is 4.88 Å². The van der Waals surface area contributed by atoms with Gasteiger partial charge in [-0.05, 0) is 25.2 Å². The molecule has 2 aromatic rings. The Hall–Kier alpha value is -1.19. The first kappa shape index (κ1) is 10.3. The summed E-state index contributed by atoms with van der Waals surface area (Å²) >= 11 is 1.62. The third kappa shape index (κ3) is 2.25. The van der Waals surface area contributed by atoms with Crippen molar-refractivity contribution in [3.63, 3.8) is 0 Å². The van der Waals surface area contributed by atoms with E-state index >= 15 is 0 Å². The van der Waals surface area contributed by atoms with Crippen LogP contribution in [-0.4, -0.2) is 7.05 Å². The Balaban J connectivity index is 2.33. The molecule has 1 aromatic heterocycles. The fourth-order valence-corrected chi connectivity index (χ4v) is 2.50. The summed E-state index contributed by atoms with van der Waals surface area (Å²) in [6, 6.07) is 10.9. The third-order valence-corrected chi connectivity index (χ3v) is 3.27. The van der Waals surface area contributed by atoms with Gasteiger partial charge in [0.1, 0.15) is 5.82 Å². The Morgan fingerprint density at radius 2 is 2.00 bits per heavy atom. The van der Waals surface area contributed by atoms with E-state index in [4.69, 9.17) is 0 Å². The smallest absolute Gasteiger partial charge is 0.131 e. The predicted octanol–water partition coefficient (Wildman–Crippen LogP) is 3.27. The van der Waals surface area contributed by atoms with Gasteiger partial charge in [0.05, 0.1) is 0 Å². The van der Waals surface area contributed by atoms with E-state index in [1.54, 1.807) is 17.4 Å². The quantitative estimate of drug-likeness (QED) is 0.838. The highest BCUT2D eigenvalue weighted by Gasteiger charge is 2.06. The Morgan fingerprint density at radius 3 is 2.73 bits per heavy atom. The number of rotatable bonds is 3. The summed E-state index contributed by atoms with van der Waals surface area (Å²) in [5.41, 5.74) is 0.685. The maximum absolute atomic E-state index is 13.5. The van der Waals surface area contributed by atoms with Crippen molar-refractivity contribution in [3.8, 4) is 10.4 Å². The largest absolute Gasteiger partial charge is 0.315 e. The highest BCUT2D eigenvalue weighted by molar-refractivity contribution is 7.15. The lowest BCUT2D eigenvalue weighted by molar-refractivity contribution is 0.631. The molecule has 0 amide bonds. The van der Waals surface area contributed by atoms with Crippen LogP contribution in [-0.2, 0) is 6.54 Å².